The number of benzene rings is 2. The van der Waals surface area contributed by atoms with Gasteiger partial charge in [-0.15, -0.1) is 0 Å². The van der Waals surface area contributed by atoms with Crippen LogP contribution in [0.15, 0.2) is 41.5 Å². The molecule has 6 rings (SSSR count). The molecule has 1 N–H and O–H groups in total. The van der Waals surface area contributed by atoms with E-state index < -0.39 is 29.1 Å². The number of fused-ring (bicyclic) bond motifs is 2. The zero-order chi connectivity index (χ0) is 34.4. The van der Waals surface area contributed by atoms with Gasteiger partial charge in [-0.05, 0) is 57.5 Å². The van der Waals surface area contributed by atoms with Crippen molar-refractivity contribution >= 4 is 33.8 Å². The summed E-state index contributed by atoms with van der Waals surface area (Å²) >= 11 is 0. The number of ether oxygens (including phenoxy) is 1. The highest BCUT2D eigenvalue weighted by atomic mass is 19.3. The third-order valence-electron chi connectivity index (χ3n) is 8.55. The molecule has 250 valence electrons. The van der Waals surface area contributed by atoms with Crippen LogP contribution in [0.2, 0.25) is 0 Å². The van der Waals surface area contributed by atoms with Gasteiger partial charge in [0.1, 0.15) is 11.4 Å². The molecule has 0 spiro atoms. The highest BCUT2D eigenvalue weighted by Crippen LogP contribution is 2.40. The van der Waals surface area contributed by atoms with Crippen LogP contribution < -0.4 is 15.9 Å². The second-order valence-electron chi connectivity index (χ2n) is 14.9. The molecule has 0 radical (unpaired) electrons. The second-order valence-corrected chi connectivity index (χ2v) is 14.9. The summed E-state index contributed by atoms with van der Waals surface area (Å²) in [6.45, 7) is 14.4. The number of alkyl carbamates (subject to hydrolysis) is 1. The van der Waals surface area contributed by atoms with Crippen molar-refractivity contribution in [2.75, 3.05) is 18.0 Å². The molecule has 1 fully saturated rings. The Kier molecular flexibility index (Phi) is 7.33. The van der Waals surface area contributed by atoms with Crippen molar-refractivity contribution in [2.24, 2.45) is 21.1 Å². The van der Waals surface area contributed by atoms with E-state index in [2.05, 4.69) is 15.3 Å². The summed E-state index contributed by atoms with van der Waals surface area (Å²) in [5.41, 5.74) is 2.97. The largest absolute Gasteiger partial charge is 0.444 e. The summed E-state index contributed by atoms with van der Waals surface area (Å²) < 4.78 is 41.5. The van der Waals surface area contributed by atoms with Crippen LogP contribution in [0.3, 0.4) is 0 Å². The summed E-state index contributed by atoms with van der Waals surface area (Å²) in [6.07, 6.45) is 0.0539. The van der Waals surface area contributed by atoms with Crippen LogP contribution in [0.5, 0.6) is 0 Å². The van der Waals surface area contributed by atoms with E-state index >= 15 is 0 Å². The van der Waals surface area contributed by atoms with Crippen molar-refractivity contribution in [2.45, 2.75) is 71.4 Å². The first kappa shape index (κ1) is 32.3. The first-order valence-corrected chi connectivity index (χ1v) is 15.6. The molecule has 4 heterocycles. The Morgan fingerprint density at radius 3 is 2.26 bits per heavy atom. The molecule has 0 atom stereocenters. The lowest BCUT2D eigenvalue weighted by molar-refractivity contribution is 0.0445. The maximum absolute atomic E-state index is 14.7. The highest BCUT2D eigenvalue weighted by molar-refractivity contribution is 5.94. The zero-order valence-corrected chi connectivity index (χ0v) is 28.6. The Hall–Kier alpha value is -4.68. The lowest BCUT2D eigenvalue weighted by atomic mass is 9.91. The number of aromatic nitrogens is 6. The number of carbonyl (C=O) groups excluding carboxylic acids is 1. The molecule has 47 heavy (non-hydrogen) atoms. The number of nitrogens with one attached hydrogen (secondary N) is 1. The quantitative estimate of drug-likeness (QED) is 0.253. The number of hydrogen-bond donors (Lipinski definition) is 1. The van der Waals surface area contributed by atoms with Crippen molar-refractivity contribution in [3.05, 3.63) is 58.5 Å². The van der Waals surface area contributed by atoms with Gasteiger partial charge in [0.05, 0.1) is 45.2 Å². The summed E-state index contributed by atoms with van der Waals surface area (Å²) in [6, 6.07) is 7.11. The van der Waals surface area contributed by atoms with E-state index in [9.17, 15) is 18.4 Å². The van der Waals surface area contributed by atoms with Gasteiger partial charge in [-0.3, -0.25) is 18.4 Å². The number of halogens is 2. The molecule has 5 aromatic rings. The summed E-state index contributed by atoms with van der Waals surface area (Å²) in [5, 5.41) is 7.18. The van der Waals surface area contributed by atoms with E-state index in [0.717, 1.165) is 11.2 Å². The van der Waals surface area contributed by atoms with Crippen LogP contribution in [0.1, 0.15) is 66.3 Å². The monoisotopic (exact) mass is 648 g/mol. The van der Waals surface area contributed by atoms with Crippen molar-refractivity contribution in [1.29, 1.82) is 0 Å². The van der Waals surface area contributed by atoms with Gasteiger partial charge in [-0.1, -0.05) is 20.8 Å². The minimum absolute atomic E-state index is 0.118. The van der Waals surface area contributed by atoms with Crippen LogP contribution in [0.4, 0.5) is 19.3 Å². The predicted molar refractivity (Wildman–Crippen MR) is 179 cm³/mol. The number of hydrogen-bond acceptors (Lipinski definition) is 6. The average Bonchev–Trinajstić information content (AvgIpc) is 3.60. The number of anilines is 1. The Bertz CT molecular complexity index is 2100. The normalized spacial score (nSPS) is 15.1. The number of amides is 1. The van der Waals surface area contributed by atoms with E-state index in [-0.39, 0.29) is 11.3 Å². The van der Waals surface area contributed by atoms with Gasteiger partial charge >= 0.3 is 11.8 Å². The third-order valence-corrected chi connectivity index (χ3v) is 8.55. The van der Waals surface area contributed by atoms with Crippen LogP contribution in [0.25, 0.3) is 38.9 Å². The molecule has 3 aromatic heterocycles. The number of imidazole rings is 2. The number of alkyl halides is 2. The average molecular weight is 649 g/mol. The highest BCUT2D eigenvalue weighted by Gasteiger charge is 2.42. The fourth-order valence-electron chi connectivity index (χ4n) is 6.47. The zero-order valence-electron chi connectivity index (χ0n) is 28.6. The smallest absolute Gasteiger partial charge is 0.408 e. The number of carbonyl (C=O) groups is 1. The molecular formula is C34H42F2N8O3. The first-order valence-electron chi connectivity index (χ1n) is 15.6. The fourth-order valence-corrected chi connectivity index (χ4v) is 6.47. The minimum Gasteiger partial charge on any atom is -0.444 e. The fraction of sp³-hybridized carbons (Fsp3) is 0.471. The topological polar surface area (TPSA) is 104 Å². The van der Waals surface area contributed by atoms with Gasteiger partial charge in [-0.2, -0.15) is 5.10 Å². The Morgan fingerprint density at radius 1 is 1.00 bits per heavy atom. The molecule has 0 aliphatic carbocycles. The van der Waals surface area contributed by atoms with E-state index in [1.165, 1.54) is 6.07 Å². The number of nitrogens with zero attached hydrogens (tertiary/aromatic N) is 7. The van der Waals surface area contributed by atoms with Gasteiger partial charge in [0.2, 0.25) is 0 Å². The molecule has 2 aromatic carbocycles. The Morgan fingerprint density at radius 2 is 1.68 bits per heavy atom. The minimum atomic E-state index is -2.74. The van der Waals surface area contributed by atoms with Crippen LogP contribution in [0, 0.1) is 0 Å². The Balaban J connectivity index is 1.54. The van der Waals surface area contributed by atoms with E-state index in [4.69, 9.17) is 9.72 Å². The predicted octanol–water partition coefficient (Wildman–Crippen LogP) is 5.95. The second kappa shape index (κ2) is 10.7. The molecule has 13 heteroatoms. The van der Waals surface area contributed by atoms with Gasteiger partial charge in [0, 0.05) is 57.0 Å². The molecule has 11 nitrogen and oxygen atoms in total. The van der Waals surface area contributed by atoms with Crippen molar-refractivity contribution in [1.82, 2.24) is 33.8 Å². The molecule has 1 saturated heterocycles. The first-order chi connectivity index (χ1) is 21.8. The molecule has 1 aliphatic rings. The maximum Gasteiger partial charge on any atom is 0.408 e. The molecule has 0 bridgehead atoms. The van der Waals surface area contributed by atoms with Gasteiger partial charge in [-0.25, -0.2) is 23.4 Å². The van der Waals surface area contributed by atoms with Crippen LogP contribution in [-0.4, -0.2) is 58.8 Å². The van der Waals surface area contributed by atoms with Crippen LogP contribution >= 0.6 is 0 Å². The summed E-state index contributed by atoms with van der Waals surface area (Å²) in [7, 11) is 5.19. The molecule has 0 saturated carbocycles. The number of rotatable bonds is 5. The van der Waals surface area contributed by atoms with Gasteiger partial charge in [0.25, 0.3) is 6.43 Å². The molecule has 1 amide bonds. The van der Waals surface area contributed by atoms with E-state index in [1.54, 1.807) is 53.4 Å². The maximum atomic E-state index is 14.7. The lowest BCUT2D eigenvalue weighted by Crippen LogP contribution is -2.69. The van der Waals surface area contributed by atoms with Crippen molar-refractivity contribution in [3.8, 4) is 16.8 Å². The van der Waals surface area contributed by atoms with Gasteiger partial charge < -0.3 is 15.0 Å². The van der Waals surface area contributed by atoms with Crippen LogP contribution in [-0.2, 0) is 31.3 Å². The third kappa shape index (κ3) is 5.65. The summed E-state index contributed by atoms with van der Waals surface area (Å²) in [5.74, 6) is 0.683. The molecule has 1 aliphatic heterocycles. The Labute approximate surface area is 271 Å². The van der Waals surface area contributed by atoms with Crippen molar-refractivity contribution < 1.29 is 18.3 Å². The molecule has 0 unspecified atom stereocenters. The van der Waals surface area contributed by atoms with Gasteiger partial charge in [0.15, 0.2) is 0 Å². The summed E-state index contributed by atoms with van der Waals surface area (Å²) in [4.78, 5) is 33.0. The lowest BCUT2D eigenvalue weighted by Gasteiger charge is -2.49. The van der Waals surface area contributed by atoms with E-state index in [0.29, 0.717) is 52.3 Å². The standard InChI is InChI=1S/C34H42F2N8O3/c1-32(2,3)29-38-23-13-21(19-15-37-40(8)16-19)22(28(35)36)14-24(23)44(29)20-11-25-27(42(10)31(46)41(25)9)26(12-20)43-17-34(7,18-43)39-30(45)47-33(4,5)6/h11-16,28H,17-18H2,1-10H3,(H,39,45). The van der Waals surface area contributed by atoms with Crippen molar-refractivity contribution in [3.63, 3.8) is 0 Å². The van der Waals surface area contributed by atoms with E-state index in [1.807, 2.05) is 65.2 Å². The molecular weight excluding hydrogens is 606 g/mol. The number of aryl methyl sites for hydroxylation is 3. The SMILES string of the molecule is Cn1cc(-c2cc3nc(C(C)(C)C)n(-c4cc(N5CC(C)(NC(=O)OC(C)(C)C)C5)c5c(c4)n(C)c(=O)n5C)c3cc2C(F)F)cn1.